The molecule has 0 unspecified atom stereocenters. The van der Waals surface area contributed by atoms with Gasteiger partial charge in [0.05, 0.1) is 16.7 Å². The Bertz CT molecular complexity index is 1450. The third kappa shape index (κ3) is 3.73. The minimum atomic E-state index is -0.0719. The molecule has 5 rings (SSSR count). The lowest BCUT2D eigenvalue weighted by Crippen LogP contribution is -2.22. The van der Waals surface area contributed by atoms with Gasteiger partial charge in [-0.2, -0.15) is 0 Å². The molecule has 0 spiro atoms. The summed E-state index contributed by atoms with van der Waals surface area (Å²) in [5, 5.41) is 17.8. The molecule has 2 aromatic carbocycles. The first-order valence-corrected chi connectivity index (χ1v) is 11.1. The minimum absolute atomic E-state index is 0.0719. The molecule has 32 heavy (non-hydrogen) atoms. The molecule has 0 radical (unpaired) electrons. The van der Waals surface area contributed by atoms with Crippen molar-refractivity contribution >= 4 is 28.4 Å². The number of aryl methyl sites for hydroxylation is 2. The average Bonchev–Trinajstić information content (AvgIpc) is 3.45. The van der Waals surface area contributed by atoms with Crippen molar-refractivity contribution in [1.29, 1.82) is 0 Å². The summed E-state index contributed by atoms with van der Waals surface area (Å²) in [6, 6.07) is 15.2. The summed E-state index contributed by atoms with van der Waals surface area (Å²) in [6.45, 7) is 4.64. The van der Waals surface area contributed by atoms with Crippen LogP contribution >= 0.6 is 11.8 Å². The van der Waals surface area contributed by atoms with Crippen molar-refractivity contribution in [2.24, 2.45) is 0 Å². The molecule has 0 saturated carbocycles. The second-order valence-corrected chi connectivity index (χ2v) is 8.10. The van der Waals surface area contributed by atoms with Crippen molar-refractivity contribution in [3.63, 3.8) is 0 Å². The summed E-state index contributed by atoms with van der Waals surface area (Å²) in [6.07, 6.45) is 0. The third-order valence-corrected chi connectivity index (χ3v) is 5.86. The fraction of sp³-hybridized carbons (Fsp3) is 0.227. The van der Waals surface area contributed by atoms with Crippen molar-refractivity contribution in [2.45, 2.75) is 38.0 Å². The lowest BCUT2D eigenvalue weighted by atomic mass is 10.2. The average molecular weight is 449 g/mol. The fourth-order valence-electron chi connectivity index (χ4n) is 3.45. The van der Waals surface area contributed by atoms with E-state index in [2.05, 4.69) is 20.4 Å². The van der Waals surface area contributed by atoms with Gasteiger partial charge in [0.2, 0.25) is 5.78 Å². The van der Waals surface area contributed by atoms with E-state index in [1.54, 1.807) is 4.57 Å². The van der Waals surface area contributed by atoms with Crippen molar-refractivity contribution in [2.75, 3.05) is 0 Å². The smallest absolute Gasteiger partial charge is 0.277 e. The number of para-hydroxylation sites is 1. The van der Waals surface area contributed by atoms with Gasteiger partial charge in [-0.25, -0.2) is 0 Å². The number of hydrogen-bond acceptors (Lipinski definition) is 8. The van der Waals surface area contributed by atoms with E-state index in [1.807, 2.05) is 66.8 Å². The largest absolute Gasteiger partial charge is 0.484 e. The van der Waals surface area contributed by atoms with Crippen LogP contribution in [-0.4, -0.2) is 29.4 Å². The topological polar surface area (TPSA) is 100 Å². The number of benzene rings is 2. The van der Waals surface area contributed by atoms with Gasteiger partial charge >= 0.3 is 0 Å². The maximum atomic E-state index is 12.8. The Morgan fingerprint density at radius 3 is 2.66 bits per heavy atom. The van der Waals surface area contributed by atoms with Gasteiger partial charge in [0.1, 0.15) is 11.6 Å². The monoisotopic (exact) mass is 448 g/mol. The predicted octanol–water partition coefficient (Wildman–Crippen LogP) is 3.63. The summed E-state index contributed by atoms with van der Waals surface area (Å²) in [5.74, 6) is 2.80. The lowest BCUT2D eigenvalue weighted by molar-refractivity contribution is 0.252. The molecule has 162 valence electrons. The van der Waals surface area contributed by atoms with Gasteiger partial charge < -0.3 is 9.15 Å². The molecule has 3 heterocycles. The number of rotatable bonds is 7. The maximum Gasteiger partial charge on any atom is 0.277 e. The van der Waals surface area contributed by atoms with Crippen molar-refractivity contribution < 1.29 is 9.15 Å². The van der Waals surface area contributed by atoms with Crippen LogP contribution in [0.3, 0.4) is 0 Å². The first-order valence-electron chi connectivity index (χ1n) is 10.1. The van der Waals surface area contributed by atoms with E-state index < -0.39 is 0 Å². The van der Waals surface area contributed by atoms with Crippen molar-refractivity contribution in [3.05, 3.63) is 76.2 Å². The van der Waals surface area contributed by atoms with E-state index in [-0.39, 0.29) is 12.2 Å². The SMILES string of the molecule is CCn1c(=O)c2ccccc2n2c(CSc3nnc(COc4ccc(C)cc4)o3)nnc12. The molecule has 0 atom stereocenters. The van der Waals surface area contributed by atoms with E-state index in [0.29, 0.717) is 40.4 Å². The molecule has 0 saturated heterocycles. The molecule has 0 aliphatic rings. The number of ether oxygens (including phenoxy) is 1. The summed E-state index contributed by atoms with van der Waals surface area (Å²) in [4.78, 5) is 12.8. The highest BCUT2D eigenvalue weighted by atomic mass is 32.2. The highest BCUT2D eigenvalue weighted by Gasteiger charge is 2.17. The van der Waals surface area contributed by atoms with Crippen LogP contribution in [0.4, 0.5) is 0 Å². The van der Waals surface area contributed by atoms with Gasteiger partial charge in [0.25, 0.3) is 16.7 Å². The summed E-state index contributed by atoms with van der Waals surface area (Å²) < 4.78 is 14.9. The number of aromatic nitrogens is 6. The zero-order chi connectivity index (χ0) is 22.1. The summed E-state index contributed by atoms with van der Waals surface area (Å²) >= 11 is 1.36. The van der Waals surface area contributed by atoms with E-state index in [9.17, 15) is 4.79 Å². The van der Waals surface area contributed by atoms with Crippen LogP contribution in [-0.2, 0) is 18.9 Å². The molecule has 0 aliphatic carbocycles. The van der Waals surface area contributed by atoms with Crippen molar-refractivity contribution in [1.82, 2.24) is 29.4 Å². The first-order chi connectivity index (χ1) is 15.6. The Hall–Kier alpha value is -3.66. The molecular weight excluding hydrogens is 428 g/mol. The molecule has 0 bridgehead atoms. The molecule has 0 N–H and O–H groups in total. The van der Waals surface area contributed by atoms with Crippen LogP contribution in [0.2, 0.25) is 0 Å². The fourth-order valence-corrected chi connectivity index (χ4v) is 4.15. The molecule has 0 aliphatic heterocycles. The van der Waals surface area contributed by atoms with Gasteiger partial charge in [0.15, 0.2) is 6.61 Å². The van der Waals surface area contributed by atoms with E-state index >= 15 is 0 Å². The molecule has 3 aromatic heterocycles. The van der Waals surface area contributed by atoms with Crippen LogP contribution in [0.15, 0.2) is 63.0 Å². The number of thioether (sulfide) groups is 1. The number of hydrogen-bond donors (Lipinski definition) is 0. The quantitative estimate of drug-likeness (QED) is 0.348. The molecule has 10 heteroatoms. The molecule has 5 aromatic rings. The second-order valence-electron chi connectivity index (χ2n) is 7.17. The zero-order valence-electron chi connectivity index (χ0n) is 17.6. The molecule has 0 amide bonds. The van der Waals surface area contributed by atoms with Crippen LogP contribution in [0.25, 0.3) is 16.7 Å². The van der Waals surface area contributed by atoms with Crippen LogP contribution in [0.5, 0.6) is 5.75 Å². The Morgan fingerprint density at radius 1 is 1.03 bits per heavy atom. The number of nitrogens with zero attached hydrogens (tertiary/aromatic N) is 6. The molecule has 9 nitrogen and oxygen atoms in total. The standard InChI is InChI=1S/C22H20N6O3S/c1-3-27-20(29)16-6-4-5-7-17(16)28-18(23-25-21(27)28)13-32-22-26-24-19(31-22)12-30-15-10-8-14(2)9-11-15/h4-11H,3,12-13H2,1-2H3. The van der Waals surface area contributed by atoms with Gasteiger partial charge in [-0.3, -0.25) is 13.8 Å². The maximum absolute atomic E-state index is 12.8. The Morgan fingerprint density at radius 2 is 1.84 bits per heavy atom. The van der Waals surface area contributed by atoms with Gasteiger partial charge in [-0.1, -0.05) is 41.6 Å². The van der Waals surface area contributed by atoms with Crippen LogP contribution < -0.4 is 10.3 Å². The summed E-state index contributed by atoms with van der Waals surface area (Å²) in [5.41, 5.74) is 1.87. The van der Waals surface area contributed by atoms with Gasteiger partial charge in [0, 0.05) is 6.54 Å². The van der Waals surface area contributed by atoms with Crippen molar-refractivity contribution in [3.8, 4) is 5.75 Å². The zero-order valence-corrected chi connectivity index (χ0v) is 18.4. The van der Waals surface area contributed by atoms with Crippen LogP contribution in [0, 0.1) is 6.92 Å². The normalized spacial score (nSPS) is 11.4. The van der Waals surface area contributed by atoms with Gasteiger partial charge in [-0.05, 0) is 38.1 Å². The van der Waals surface area contributed by atoms with Gasteiger partial charge in [-0.15, -0.1) is 20.4 Å². The van der Waals surface area contributed by atoms with E-state index in [0.717, 1.165) is 11.3 Å². The van der Waals surface area contributed by atoms with E-state index in [4.69, 9.17) is 9.15 Å². The first kappa shape index (κ1) is 20.3. The second kappa shape index (κ2) is 8.46. The highest BCUT2D eigenvalue weighted by Crippen LogP contribution is 2.23. The Balaban J connectivity index is 1.35. The minimum Gasteiger partial charge on any atom is -0.484 e. The lowest BCUT2D eigenvalue weighted by Gasteiger charge is -2.09. The summed E-state index contributed by atoms with van der Waals surface area (Å²) in [7, 11) is 0. The highest BCUT2D eigenvalue weighted by molar-refractivity contribution is 7.98. The Labute approximate surface area is 187 Å². The van der Waals surface area contributed by atoms with E-state index in [1.165, 1.54) is 17.3 Å². The number of fused-ring (bicyclic) bond motifs is 3. The predicted molar refractivity (Wildman–Crippen MR) is 120 cm³/mol. The third-order valence-electron chi connectivity index (χ3n) is 5.05. The Kier molecular flexibility index (Phi) is 5.36. The molecular formula is C22H20N6O3S. The molecule has 0 fully saturated rings. The van der Waals surface area contributed by atoms with Crippen LogP contribution in [0.1, 0.15) is 24.2 Å².